The smallest absolute Gasteiger partial charge is 0.233 e. The van der Waals surface area contributed by atoms with Crippen molar-refractivity contribution < 1.29 is 13.2 Å². The van der Waals surface area contributed by atoms with Gasteiger partial charge in [0, 0.05) is 10.0 Å². The van der Waals surface area contributed by atoms with E-state index in [9.17, 15) is 13.2 Å². The predicted octanol–water partition coefficient (Wildman–Crippen LogP) is 5.72. The van der Waals surface area contributed by atoms with E-state index >= 15 is 0 Å². The molecule has 0 amide bonds. The van der Waals surface area contributed by atoms with Crippen molar-refractivity contribution in [2.45, 2.75) is 19.5 Å². The molecule has 2 aromatic carbocycles. The van der Waals surface area contributed by atoms with E-state index < -0.39 is 12.6 Å². The molecule has 0 fully saturated rings. The second-order valence-corrected chi connectivity index (χ2v) is 6.43. The topological polar surface area (TPSA) is 17.8 Å². The van der Waals surface area contributed by atoms with Crippen molar-refractivity contribution in [3.05, 3.63) is 70.3 Å². The van der Waals surface area contributed by atoms with E-state index in [0.717, 1.165) is 15.6 Å². The Hall–Kier alpha value is -2.08. The highest BCUT2D eigenvalue weighted by molar-refractivity contribution is 9.10. The monoisotopic (exact) mass is 394 g/mol. The minimum absolute atomic E-state index is 0.00340. The number of nitrogens with zero attached hydrogens (tertiary/aromatic N) is 2. The second-order valence-electron chi connectivity index (χ2n) is 5.52. The summed E-state index contributed by atoms with van der Waals surface area (Å²) in [7, 11) is 0. The SMILES string of the molecule is Cc1ccccc1-c1cc(CC(F)(F)F)nn1-c1ccc(Br)cc1. The van der Waals surface area contributed by atoms with Gasteiger partial charge >= 0.3 is 6.18 Å². The Morgan fingerprint density at radius 3 is 2.33 bits per heavy atom. The molecule has 0 saturated heterocycles. The van der Waals surface area contributed by atoms with Gasteiger partial charge in [-0.25, -0.2) is 4.68 Å². The number of aromatic nitrogens is 2. The summed E-state index contributed by atoms with van der Waals surface area (Å²) in [5.41, 5.74) is 3.21. The first-order valence-corrected chi connectivity index (χ1v) is 8.10. The molecule has 0 aliphatic carbocycles. The first-order valence-electron chi connectivity index (χ1n) is 7.31. The lowest BCUT2D eigenvalue weighted by molar-refractivity contribution is -0.127. The summed E-state index contributed by atoms with van der Waals surface area (Å²) >= 11 is 3.36. The van der Waals surface area contributed by atoms with Gasteiger partial charge in [-0.2, -0.15) is 18.3 Å². The number of hydrogen-bond acceptors (Lipinski definition) is 1. The number of halogens is 4. The second kappa shape index (κ2) is 6.43. The predicted molar refractivity (Wildman–Crippen MR) is 91.2 cm³/mol. The van der Waals surface area contributed by atoms with Gasteiger partial charge in [-0.3, -0.25) is 0 Å². The molecule has 0 aliphatic heterocycles. The molecular weight excluding hydrogens is 381 g/mol. The molecule has 0 saturated carbocycles. The van der Waals surface area contributed by atoms with E-state index in [4.69, 9.17) is 0 Å². The third-order valence-electron chi connectivity index (χ3n) is 3.63. The van der Waals surface area contributed by atoms with Gasteiger partial charge in [-0.1, -0.05) is 40.2 Å². The molecule has 0 unspecified atom stereocenters. The van der Waals surface area contributed by atoms with Crippen molar-refractivity contribution in [2.75, 3.05) is 0 Å². The van der Waals surface area contributed by atoms with Gasteiger partial charge in [0.2, 0.25) is 0 Å². The molecule has 0 atom stereocenters. The number of benzene rings is 2. The highest BCUT2D eigenvalue weighted by Crippen LogP contribution is 2.29. The normalized spacial score (nSPS) is 11.7. The average molecular weight is 395 g/mol. The molecule has 2 nitrogen and oxygen atoms in total. The Labute approximate surface area is 146 Å². The summed E-state index contributed by atoms with van der Waals surface area (Å²) in [6.45, 7) is 1.93. The van der Waals surface area contributed by atoms with Crippen LogP contribution in [0.5, 0.6) is 0 Å². The van der Waals surface area contributed by atoms with Crippen LogP contribution in [-0.4, -0.2) is 16.0 Å². The molecule has 24 heavy (non-hydrogen) atoms. The lowest BCUT2D eigenvalue weighted by Crippen LogP contribution is -2.12. The van der Waals surface area contributed by atoms with Gasteiger partial charge < -0.3 is 0 Å². The molecule has 0 radical (unpaired) electrons. The van der Waals surface area contributed by atoms with Crippen LogP contribution in [0.4, 0.5) is 13.2 Å². The van der Waals surface area contributed by atoms with Gasteiger partial charge in [-0.15, -0.1) is 0 Å². The van der Waals surface area contributed by atoms with Crippen molar-refractivity contribution in [3.8, 4) is 16.9 Å². The number of alkyl halides is 3. The van der Waals surface area contributed by atoms with Gasteiger partial charge in [0.05, 0.1) is 23.5 Å². The summed E-state index contributed by atoms with van der Waals surface area (Å²) in [5, 5.41) is 4.19. The number of hydrogen-bond donors (Lipinski definition) is 0. The fourth-order valence-electron chi connectivity index (χ4n) is 2.55. The summed E-state index contributed by atoms with van der Waals surface area (Å²) in [6, 6.07) is 16.4. The van der Waals surface area contributed by atoms with Crippen LogP contribution in [0.25, 0.3) is 16.9 Å². The maximum atomic E-state index is 12.8. The zero-order valence-electron chi connectivity index (χ0n) is 12.8. The number of aryl methyl sites for hydroxylation is 1. The fourth-order valence-corrected chi connectivity index (χ4v) is 2.82. The Bertz CT molecular complexity index is 851. The molecule has 0 bridgehead atoms. The van der Waals surface area contributed by atoms with Gasteiger partial charge in [0.1, 0.15) is 0 Å². The maximum absolute atomic E-state index is 12.8. The fraction of sp³-hybridized carbons (Fsp3) is 0.167. The molecule has 1 heterocycles. The average Bonchev–Trinajstić information content (AvgIpc) is 2.90. The Morgan fingerprint density at radius 2 is 1.71 bits per heavy atom. The third-order valence-corrected chi connectivity index (χ3v) is 4.16. The van der Waals surface area contributed by atoms with Gasteiger partial charge in [0.25, 0.3) is 0 Å². The molecule has 124 valence electrons. The Morgan fingerprint density at radius 1 is 1.04 bits per heavy atom. The lowest BCUT2D eigenvalue weighted by atomic mass is 10.1. The molecule has 3 aromatic rings. The highest BCUT2D eigenvalue weighted by Gasteiger charge is 2.30. The highest BCUT2D eigenvalue weighted by atomic mass is 79.9. The minimum atomic E-state index is -4.29. The zero-order valence-corrected chi connectivity index (χ0v) is 14.4. The Kier molecular flexibility index (Phi) is 4.49. The van der Waals surface area contributed by atoms with Crippen LogP contribution in [0.1, 0.15) is 11.3 Å². The van der Waals surface area contributed by atoms with E-state index in [2.05, 4.69) is 21.0 Å². The third kappa shape index (κ3) is 3.70. The summed E-state index contributed by atoms with van der Waals surface area (Å²) in [4.78, 5) is 0. The molecule has 0 spiro atoms. The maximum Gasteiger partial charge on any atom is 0.394 e. The van der Waals surface area contributed by atoms with Crippen LogP contribution in [0, 0.1) is 6.92 Å². The summed E-state index contributed by atoms with van der Waals surface area (Å²) in [6.07, 6.45) is -5.34. The molecule has 0 N–H and O–H groups in total. The van der Waals surface area contributed by atoms with Crippen molar-refractivity contribution in [3.63, 3.8) is 0 Å². The quantitative estimate of drug-likeness (QED) is 0.555. The minimum Gasteiger partial charge on any atom is -0.233 e. The van der Waals surface area contributed by atoms with Crippen LogP contribution in [-0.2, 0) is 6.42 Å². The molecular formula is C18H14BrF3N2. The molecule has 1 aromatic heterocycles. The van der Waals surface area contributed by atoms with Crippen molar-refractivity contribution in [1.82, 2.24) is 9.78 Å². The van der Waals surface area contributed by atoms with E-state index in [1.54, 1.807) is 4.68 Å². The largest absolute Gasteiger partial charge is 0.394 e. The van der Waals surface area contributed by atoms with Gasteiger partial charge in [-0.05, 0) is 42.8 Å². The standard InChI is InChI=1S/C18H14BrF3N2/c1-12-4-2-3-5-16(12)17-10-14(11-18(20,21)22)23-24(17)15-8-6-13(19)7-9-15/h2-10H,11H2,1H3. The lowest BCUT2D eigenvalue weighted by Gasteiger charge is -2.10. The van der Waals surface area contributed by atoms with Crippen LogP contribution < -0.4 is 0 Å². The van der Waals surface area contributed by atoms with E-state index in [-0.39, 0.29) is 5.69 Å². The van der Waals surface area contributed by atoms with Crippen LogP contribution in [0.2, 0.25) is 0 Å². The number of rotatable bonds is 3. The molecule has 3 rings (SSSR count). The van der Waals surface area contributed by atoms with Crippen molar-refractivity contribution in [2.24, 2.45) is 0 Å². The van der Waals surface area contributed by atoms with Crippen LogP contribution in [0.15, 0.2) is 59.1 Å². The Balaban J connectivity index is 2.15. The first kappa shape index (κ1) is 16.8. The van der Waals surface area contributed by atoms with E-state index in [1.807, 2.05) is 55.5 Å². The van der Waals surface area contributed by atoms with Crippen molar-refractivity contribution >= 4 is 15.9 Å². The van der Waals surface area contributed by atoms with Gasteiger partial charge in [0.15, 0.2) is 0 Å². The van der Waals surface area contributed by atoms with Crippen LogP contribution in [0.3, 0.4) is 0 Å². The van der Waals surface area contributed by atoms with Crippen LogP contribution >= 0.6 is 15.9 Å². The van der Waals surface area contributed by atoms with Crippen molar-refractivity contribution in [1.29, 1.82) is 0 Å². The molecule has 6 heteroatoms. The molecule has 0 aliphatic rings. The van der Waals surface area contributed by atoms with E-state index in [0.29, 0.717) is 11.4 Å². The van der Waals surface area contributed by atoms with E-state index in [1.165, 1.54) is 6.07 Å². The summed E-state index contributed by atoms with van der Waals surface area (Å²) in [5.74, 6) is 0. The zero-order chi connectivity index (χ0) is 17.3. The summed E-state index contributed by atoms with van der Waals surface area (Å²) < 4.78 is 40.8. The first-order chi connectivity index (χ1) is 11.3.